The summed E-state index contributed by atoms with van der Waals surface area (Å²) in [5, 5.41) is 2.77. The highest BCUT2D eigenvalue weighted by Gasteiger charge is 2.34. The number of amides is 4. The molecule has 0 aromatic heterocycles. The van der Waals surface area contributed by atoms with Gasteiger partial charge in [-0.25, -0.2) is 0 Å². The fourth-order valence-electron chi connectivity index (χ4n) is 3.84. The number of nitrogens with one attached hydrogen (secondary N) is 1. The maximum atomic E-state index is 12.5. The second-order valence-electron chi connectivity index (χ2n) is 7.53. The van der Waals surface area contributed by atoms with Gasteiger partial charge >= 0.3 is 0 Å². The van der Waals surface area contributed by atoms with Gasteiger partial charge in [-0.15, -0.1) is 0 Å². The zero-order valence-corrected chi connectivity index (χ0v) is 16.6. The Morgan fingerprint density at radius 1 is 0.867 bits per heavy atom. The third kappa shape index (κ3) is 3.96. The fraction of sp³-hybridized carbons (Fsp3) is 0.304. The molecule has 0 saturated carbocycles. The molecule has 0 aliphatic carbocycles. The van der Waals surface area contributed by atoms with Crippen LogP contribution in [0.4, 0.5) is 0 Å². The number of carbonyl (C=O) groups is 4. The molecule has 0 bridgehead atoms. The van der Waals surface area contributed by atoms with Crippen LogP contribution in [0.5, 0.6) is 0 Å². The number of rotatable bonds is 6. The molecule has 2 aromatic rings. The van der Waals surface area contributed by atoms with E-state index in [2.05, 4.69) is 5.32 Å². The Labute approximate surface area is 174 Å². The highest BCUT2D eigenvalue weighted by atomic mass is 16.2. The van der Waals surface area contributed by atoms with E-state index in [9.17, 15) is 19.2 Å². The van der Waals surface area contributed by atoms with Gasteiger partial charge in [0.2, 0.25) is 5.91 Å². The van der Waals surface area contributed by atoms with E-state index in [0.29, 0.717) is 29.7 Å². The minimum atomic E-state index is -0.305. The first-order valence-corrected chi connectivity index (χ1v) is 10.1. The Kier molecular flexibility index (Phi) is 5.61. The Hall–Kier alpha value is -3.48. The van der Waals surface area contributed by atoms with Crippen molar-refractivity contribution in [2.45, 2.75) is 25.8 Å². The van der Waals surface area contributed by atoms with Crippen molar-refractivity contribution >= 4 is 23.6 Å². The third-order valence-corrected chi connectivity index (χ3v) is 5.52. The van der Waals surface area contributed by atoms with Crippen LogP contribution >= 0.6 is 0 Å². The van der Waals surface area contributed by atoms with Gasteiger partial charge in [0.15, 0.2) is 0 Å². The van der Waals surface area contributed by atoms with E-state index in [0.717, 1.165) is 31.5 Å². The second kappa shape index (κ2) is 8.49. The lowest BCUT2D eigenvalue weighted by molar-refractivity contribution is -0.129. The maximum absolute atomic E-state index is 12.5. The molecule has 7 heteroatoms. The molecule has 4 amide bonds. The van der Waals surface area contributed by atoms with Crippen LogP contribution in [0.2, 0.25) is 0 Å². The van der Waals surface area contributed by atoms with Crippen molar-refractivity contribution in [2.75, 3.05) is 19.6 Å². The highest BCUT2D eigenvalue weighted by Crippen LogP contribution is 2.24. The van der Waals surface area contributed by atoms with E-state index in [1.54, 1.807) is 48.5 Å². The van der Waals surface area contributed by atoms with E-state index < -0.39 is 0 Å². The molecular weight excluding hydrogens is 382 g/mol. The molecule has 4 rings (SSSR count). The number of likely N-dealkylation sites (tertiary alicyclic amines) is 1. The summed E-state index contributed by atoms with van der Waals surface area (Å²) in [4.78, 5) is 52.3. The molecular formula is C23H23N3O4. The summed E-state index contributed by atoms with van der Waals surface area (Å²) in [6.07, 6.45) is 2.39. The van der Waals surface area contributed by atoms with E-state index in [4.69, 9.17) is 0 Å². The van der Waals surface area contributed by atoms with Crippen molar-refractivity contribution in [1.82, 2.24) is 15.1 Å². The number of fused-ring (bicyclic) bond motifs is 1. The lowest BCUT2D eigenvalue weighted by Gasteiger charge is -2.15. The topological polar surface area (TPSA) is 86.8 Å². The average molecular weight is 405 g/mol. The first kappa shape index (κ1) is 19.8. The second-order valence-corrected chi connectivity index (χ2v) is 7.53. The largest absolute Gasteiger partial charge is 0.352 e. The van der Waals surface area contributed by atoms with Crippen molar-refractivity contribution in [2.24, 2.45) is 0 Å². The summed E-state index contributed by atoms with van der Waals surface area (Å²) < 4.78 is 0. The molecule has 2 aliphatic rings. The third-order valence-electron chi connectivity index (χ3n) is 5.52. The van der Waals surface area contributed by atoms with E-state index >= 15 is 0 Å². The fourth-order valence-corrected chi connectivity index (χ4v) is 3.84. The number of hydrogen-bond acceptors (Lipinski definition) is 4. The average Bonchev–Trinajstić information content (AvgIpc) is 3.38. The number of nitrogens with zero attached hydrogens (tertiary/aromatic N) is 2. The van der Waals surface area contributed by atoms with Crippen LogP contribution in [0.25, 0.3) is 0 Å². The number of imide groups is 1. The molecule has 7 nitrogen and oxygen atoms in total. The van der Waals surface area contributed by atoms with Crippen molar-refractivity contribution in [1.29, 1.82) is 0 Å². The summed E-state index contributed by atoms with van der Waals surface area (Å²) >= 11 is 0. The molecule has 0 atom stereocenters. The van der Waals surface area contributed by atoms with Gasteiger partial charge in [-0.2, -0.15) is 0 Å². The van der Waals surface area contributed by atoms with Gasteiger partial charge in [-0.05, 0) is 42.7 Å². The molecule has 2 aromatic carbocycles. The lowest BCUT2D eigenvalue weighted by Crippen LogP contribution is -2.32. The minimum absolute atomic E-state index is 0.0732. The predicted octanol–water partition coefficient (Wildman–Crippen LogP) is 2.23. The summed E-state index contributed by atoms with van der Waals surface area (Å²) in [6, 6.07) is 13.5. The molecule has 30 heavy (non-hydrogen) atoms. The van der Waals surface area contributed by atoms with Gasteiger partial charge in [0.1, 0.15) is 0 Å². The van der Waals surface area contributed by atoms with Gasteiger partial charge < -0.3 is 10.2 Å². The summed E-state index contributed by atoms with van der Waals surface area (Å²) in [5.41, 5.74) is 2.06. The van der Waals surface area contributed by atoms with Gasteiger partial charge in [-0.1, -0.05) is 24.3 Å². The Morgan fingerprint density at radius 2 is 1.47 bits per heavy atom. The number of benzene rings is 2. The molecule has 2 aliphatic heterocycles. The van der Waals surface area contributed by atoms with Gasteiger partial charge in [-0.3, -0.25) is 24.1 Å². The minimum Gasteiger partial charge on any atom is -0.352 e. The van der Waals surface area contributed by atoms with Crippen LogP contribution in [0.15, 0.2) is 48.5 Å². The Morgan fingerprint density at radius 3 is 2.07 bits per heavy atom. The van der Waals surface area contributed by atoms with Crippen LogP contribution < -0.4 is 5.32 Å². The SMILES string of the molecule is O=C(NCCC(=O)N1CCCC1)c1ccc(CN2C(=O)c3ccccc3C2=O)cc1. The van der Waals surface area contributed by atoms with Crippen LogP contribution in [-0.4, -0.2) is 53.1 Å². The van der Waals surface area contributed by atoms with Crippen LogP contribution in [0.3, 0.4) is 0 Å². The monoisotopic (exact) mass is 405 g/mol. The van der Waals surface area contributed by atoms with Crippen molar-refractivity contribution in [3.63, 3.8) is 0 Å². The number of hydrogen-bond donors (Lipinski definition) is 1. The summed E-state index contributed by atoms with van der Waals surface area (Å²) in [7, 11) is 0. The van der Waals surface area contributed by atoms with Crippen molar-refractivity contribution < 1.29 is 19.2 Å². The Bertz CT molecular complexity index is 959. The molecule has 1 N–H and O–H groups in total. The zero-order valence-electron chi connectivity index (χ0n) is 16.6. The van der Waals surface area contributed by atoms with E-state index in [1.807, 2.05) is 4.90 Å². The molecule has 0 spiro atoms. The van der Waals surface area contributed by atoms with Gasteiger partial charge in [0.25, 0.3) is 17.7 Å². The van der Waals surface area contributed by atoms with Gasteiger partial charge in [0, 0.05) is 31.6 Å². The standard InChI is InChI=1S/C23H23N3O4/c27-20(25-13-3-4-14-25)11-12-24-21(28)17-9-7-16(8-10-17)15-26-22(29)18-5-1-2-6-19(18)23(26)30/h1-2,5-10H,3-4,11-15H2,(H,24,28). The quantitative estimate of drug-likeness (QED) is 0.747. The normalized spacial score (nSPS) is 15.5. The van der Waals surface area contributed by atoms with Crippen LogP contribution in [0, 0.1) is 0 Å². The first-order chi connectivity index (χ1) is 14.5. The van der Waals surface area contributed by atoms with Crippen molar-refractivity contribution in [3.05, 3.63) is 70.8 Å². The van der Waals surface area contributed by atoms with Gasteiger partial charge in [0.05, 0.1) is 17.7 Å². The summed E-state index contributed by atoms with van der Waals surface area (Å²) in [6.45, 7) is 2.06. The Balaban J connectivity index is 1.31. The molecule has 1 saturated heterocycles. The molecule has 154 valence electrons. The van der Waals surface area contributed by atoms with Crippen molar-refractivity contribution in [3.8, 4) is 0 Å². The highest BCUT2D eigenvalue weighted by molar-refractivity contribution is 6.21. The lowest BCUT2D eigenvalue weighted by atomic mass is 10.1. The molecule has 2 heterocycles. The van der Waals surface area contributed by atoms with E-state index in [-0.39, 0.29) is 30.2 Å². The van der Waals surface area contributed by atoms with Crippen LogP contribution in [-0.2, 0) is 11.3 Å². The smallest absolute Gasteiger partial charge is 0.261 e. The number of carbonyl (C=O) groups excluding carboxylic acids is 4. The molecule has 0 radical (unpaired) electrons. The predicted molar refractivity (Wildman–Crippen MR) is 110 cm³/mol. The van der Waals surface area contributed by atoms with Crippen LogP contribution in [0.1, 0.15) is 55.9 Å². The summed E-state index contributed by atoms with van der Waals surface area (Å²) in [5.74, 6) is -0.791. The molecule has 0 unspecified atom stereocenters. The van der Waals surface area contributed by atoms with E-state index in [1.165, 1.54) is 4.90 Å². The maximum Gasteiger partial charge on any atom is 0.261 e. The first-order valence-electron chi connectivity index (χ1n) is 10.1. The zero-order chi connectivity index (χ0) is 21.1. The molecule has 1 fully saturated rings.